The largest absolute Gasteiger partial charge is 0.325 e. The Balaban J connectivity index is 1.81. The Morgan fingerprint density at radius 3 is 2.76 bits per heavy atom. The molecule has 0 bridgehead atoms. The van der Waals surface area contributed by atoms with Crippen molar-refractivity contribution in [2.24, 2.45) is 0 Å². The van der Waals surface area contributed by atoms with Gasteiger partial charge in [-0.2, -0.15) is 4.31 Å². The summed E-state index contributed by atoms with van der Waals surface area (Å²) in [6.07, 6.45) is 1.04. The molecule has 1 aliphatic rings. The smallest absolute Gasteiger partial charge is 0.253 e. The lowest BCUT2D eigenvalue weighted by Gasteiger charge is -2.22. The Kier molecular flexibility index (Phi) is 5.29. The van der Waals surface area contributed by atoms with Gasteiger partial charge < -0.3 is 5.32 Å². The molecule has 1 aromatic carbocycles. The van der Waals surface area contributed by atoms with Crippen molar-refractivity contribution in [2.45, 2.75) is 30.0 Å². The molecule has 1 atom stereocenters. The third kappa shape index (κ3) is 3.79. The van der Waals surface area contributed by atoms with E-state index in [4.69, 9.17) is 0 Å². The number of hydrogen-bond acceptors (Lipinski definition) is 4. The maximum Gasteiger partial charge on any atom is 0.253 e. The Morgan fingerprint density at radius 1 is 1.36 bits per heavy atom. The van der Waals surface area contributed by atoms with Crippen molar-refractivity contribution < 1.29 is 17.6 Å². The first-order chi connectivity index (χ1) is 11.8. The number of benzene rings is 1. The molecule has 1 aliphatic heterocycles. The molecular formula is C16H16BrFN2O3S2. The molecule has 25 heavy (non-hydrogen) atoms. The molecule has 9 heteroatoms. The van der Waals surface area contributed by atoms with Gasteiger partial charge in [0.05, 0.1) is 3.79 Å². The summed E-state index contributed by atoms with van der Waals surface area (Å²) in [6.45, 7) is 1.92. The third-order valence-electron chi connectivity index (χ3n) is 4.06. The molecule has 3 rings (SSSR count). The van der Waals surface area contributed by atoms with Crippen LogP contribution < -0.4 is 5.32 Å². The zero-order chi connectivity index (χ0) is 18.2. The first-order valence-electron chi connectivity index (χ1n) is 7.63. The molecule has 1 unspecified atom stereocenters. The summed E-state index contributed by atoms with van der Waals surface area (Å²) < 4.78 is 41.3. The highest BCUT2D eigenvalue weighted by Gasteiger charge is 2.40. The van der Waals surface area contributed by atoms with Crippen LogP contribution in [-0.2, 0) is 14.8 Å². The van der Waals surface area contributed by atoms with Crippen LogP contribution in [0.25, 0.3) is 0 Å². The second kappa shape index (κ2) is 7.14. The van der Waals surface area contributed by atoms with E-state index < -0.39 is 27.8 Å². The van der Waals surface area contributed by atoms with E-state index in [1.165, 1.54) is 16.4 Å². The lowest BCUT2D eigenvalue weighted by Crippen LogP contribution is -2.42. The number of carbonyl (C=O) groups excluding carboxylic acids is 1. The van der Waals surface area contributed by atoms with Gasteiger partial charge in [-0.1, -0.05) is 6.07 Å². The van der Waals surface area contributed by atoms with Crippen molar-refractivity contribution in [2.75, 3.05) is 11.9 Å². The number of nitrogens with zero attached hydrogens (tertiary/aromatic N) is 1. The van der Waals surface area contributed by atoms with Crippen LogP contribution in [0.1, 0.15) is 18.4 Å². The van der Waals surface area contributed by atoms with Gasteiger partial charge in [0.15, 0.2) is 0 Å². The van der Waals surface area contributed by atoms with Crippen molar-refractivity contribution in [1.82, 2.24) is 4.31 Å². The number of thiophene rings is 1. The number of rotatable bonds is 4. The molecular weight excluding hydrogens is 431 g/mol. The Hall–Kier alpha value is -1.29. The number of anilines is 1. The van der Waals surface area contributed by atoms with Crippen molar-refractivity contribution >= 4 is 48.9 Å². The summed E-state index contributed by atoms with van der Waals surface area (Å²) >= 11 is 4.36. The van der Waals surface area contributed by atoms with Crippen LogP contribution in [0, 0.1) is 12.7 Å². The van der Waals surface area contributed by atoms with E-state index in [0.717, 1.165) is 11.3 Å². The molecule has 5 nitrogen and oxygen atoms in total. The van der Waals surface area contributed by atoms with Crippen molar-refractivity contribution in [3.05, 3.63) is 45.5 Å². The number of hydrogen-bond donors (Lipinski definition) is 1. The fourth-order valence-corrected chi connectivity index (χ4v) is 6.53. The Labute approximate surface area is 158 Å². The van der Waals surface area contributed by atoms with Gasteiger partial charge in [-0.15, -0.1) is 11.3 Å². The van der Waals surface area contributed by atoms with Gasteiger partial charge in [0.1, 0.15) is 16.1 Å². The van der Waals surface area contributed by atoms with E-state index in [1.54, 1.807) is 25.1 Å². The molecule has 0 radical (unpaired) electrons. The van der Waals surface area contributed by atoms with Crippen LogP contribution in [0.15, 0.2) is 38.3 Å². The normalized spacial score (nSPS) is 18.4. The first-order valence-corrected chi connectivity index (χ1v) is 10.7. The number of amides is 1. The predicted octanol–water partition coefficient (Wildman–Crippen LogP) is 3.75. The lowest BCUT2D eigenvalue weighted by molar-refractivity contribution is -0.119. The van der Waals surface area contributed by atoms with E-state index in [9.17, 15) is 17.6 Å². The molecule has 1 amide bonds. The van der Waals surface area contributed by atoms with Gasteiger partial charge in [0, 0.05) is 12.2 Å². The van der Waals surface area contributed by atoms with Crippen LogP contribution in [-0.4, -0.2) is 31.2 Å². The maximum absolute atomic E-state index is 13.6. The van der Waals surface area contributed by atoms with Gasteiger partial charge >= 0.3 is 0 Å². The van der Waals surface area contributed by atoms with Crippen LogP contribution in [0.2, 0.25) is 0 Å². The third-order valence-corrected chi connectivity index (χ3v) is 8.06. The number of carbonyl (C=O) groups is 1. The summed E-state index contributed by atoms with van der Waals surface area (Å²) in [5, 5.41) is 2.62. The van der Waals surface area contributed by atoms with E-state index in [2.05, 4.69) is 21.2 Å². The number of halogens is 2. The number of aryl methyl sites for hydroxylation is 1. The molecule has 2 heterocycles. The molecule has 0 aliphatic carbocycles. The second-order valence-electron chi connectivity index (χ2n) is 5.79. The van der Waals surface area contributed by atoms with Gasteiger partial charge in [0.25, 0.3) is 10.0 Å². The molecule has 2 aromatic rings. The van der Waals surface area contributed by atoms with Crippen LogP contribution in [0.5, 0.6) is 0 Å². The van der Waals surface area contributed by atoms with Gasteiger partial charge in [-0.3, -0.25) is 4.79 Å². The van der Waals surface area contributed by atoms with Gasteiger partial charge in [0.2, 0.25) is 5.91 Å². The molecule has 1 aromatic heterocycles. The van der Waals surface area contributed by atoms with E-state index >= 15 is 0 Å². The minimum atomic E-state index is -3.73. The first kappa shape index (κ1) is 18.5. The molecule has 1 saturated heterocycles. The quantitative estimate of drug-likeness (QED) is 0.777. The monoisotopic (exact) mass is 446 g/mol. The minimum Gasteiger partial charge on any atom is -0.325 e. The summed E-state index contributed by atoms with van der Waals surface area (Å²) in [5.74, 6) is -0.864. The van der Waals surface area contributed by atoms with E-state index in [1.807, 2.05) is 0 Å². The van der Waals surface area contributed by atoms with Crippen LogP contribution >= 0.6 is 27.3 Å². The van der Waals surface area contributed by atoms with E-state index in [0.29, 0.717) is 27.9 Å². The van der Waals surface area contributed by atoms with Crippen LogP contribution in [0.3, 0.4) is 0 Å². The zero-order valence-corrected chi connectivity index (χ0v) is 16.5. The van der Waals surface area contributed by atoms with Gasteiger partial charge in [-0.05, 0) is 65.5 Å². The maximum atomic E-state index is 13.6. The standard InChI is InChI=1S/C16H16BrFN2O3S2/c1-10-4-5-11(9-12(10)18)19-16(21)13-3-2-8-20(13)25(22,23)15-7-6-14(17)24-15/h4-7,9,13H,2-3,8H2,1H3,(H,19,21). The van der Waals surface area contributed by atoms with Crippen LogP contribution in [0.4, 0.5) is 10.1 Å². The Morgan fingerprint density at radius 2 is 2.12 bits per heavy atom. The predicted molar refractivity (Wildman–Crippen MR) is 98.7 cm³/mol. The fraction of sp³-hybridized carbons (Fsp3) is 0.312. The summed E-state index contributed by atoms with van der Waals surface area (Å²) in [7, 11) is -3.73. The zero-order valence-electron chi connectivity index (χ0n) is 13.3. The van der Waals surface area contributed by atoms with Crippen molar-refractivity contribution in [3.8, 4) is 0 Å². The highest BCUT2D eigenvalue weighted by atomic mass is 79.9. The molecule has 134 valence electrons. The summed E-state index contributed by atoms with van der Waals surface area (Å²) in [6, 6.07) is 6.79. The average Bonchev–Trinajstić information content (AvgIpc) is 3.20. The topological polar surface area (TPSA) is 66.5 Å². The summed E-state index contributed by atoms with van der Waals surface area (Å²) in [5.41, 5.74) is 0.794. The summed E-state index contributed by atoms with van der Waals surface area (Å²) in [4.78, 5) is 12.6. The van der Waals surface area contributed by atoms with Gasteiger partial charge in [-0.25, -0.2) is 12.8 Å². The number of nitrogens with one attached hydrogen (secondary N) is 1. The highest BCUT2D eigenvalue weighted by molar-refractivity contribution is 9.11. The molecule has 1 fully saturated rings. The average molecular weight is 447 g/mol. The molecule has 0 spiro atoms. The highest BCUT2D eigenvalue weighted by Crippen LogP contribution is 2.32. The van der Waals surface area contributed by atoms with Crippen molar-refractivity contribution in [1.29, 1.82) is 0 Å². The van der Waals surface area contributed by atoms with E-state index in [-0.39, 0.29) is 10.8 Å². The second-order valence-corrected chi connectivity index (χ2v) is 10.4. The Bertz CT molecular complexity index is 914. The minimum absolute atomic E-state index is 0.195. The lowest BCUT2D eigenvalue weighted by atomic mass is 10.2. The fourth-order valence-electron chi connectivity index (χ4n) is 2.74. The molecule has 1 N–H and O–H groups in total. The molecule has 0 saturated carbocycles. The van der Waals surface area contributed by atoms with Crippen molar-refractivity contribution in [3.63, 3.8) is 0 Å². The SMILES string of the molecule is Cc1ccc(NC(=O)C2CCCN2S(=O)(=O)c2ccc(Br)s2)cc1F. The number of sulfonamides is 1.